The highest BCUT2D eigenvalue weighted by Crippen LogP contribution is 2.09. The average Bonchev–Trinajstić information content (AvgIpc) is 2.34. The summed E-state index contributed by atoms with van der Waals surface area (Å²) in [5, 5.41) is 12.0. The predicted octanol–water partition coefficient (Wildman–Crippen LogP) is 2.98. The second-order valence-corrected chi connectivity index (χ2v) is 4.25. The Morgan fingerprint density at radius 1 is 1.18 bits per heavy atom. The Morgan fingerprint density at radius 3 is 2.53 bits per heavy atom. The van der Waals surface area contributed by atoms with Crippen LogP contribution in [0.4, 0.5) is 0 Å². The number of phenols is 1. The van der Waals surface area contributed by atoms with E-state index < -0.39 is 0 Å². The van der Waals surface area contributed by atoms with E-state index in [9.17, 15) is 4.79 Å². The van der Waals surface area contributed by atoms with Gasteiger partial charge in [0.2, 0.25) is 5.91 Å². The average molecular weight is 235 g/mol. The molecule has 1 aromatic carbocycles. The molecule has 1 rings (SSSR count). The minimum atomic E-state index is 0.106. The molecule has 0 aliphatic heterocycles. The zero-order valence-electron chi connectivity index (χ0n) is 10.4. The van der Waals surface area contributed by atoms with Gasteiger partial charge in [-0.3, -0.25) is 4.79 Å². The van der Waals surface area contributed by atoms with Gasteiger partial charge in [0.1, 0.15) is 5.75 Å². The molecule has 0 aliphatic rings. The summed E-state index contributed by atoms with van der Waals surface area (Å²) in [6.45, 7) is 2.69. The van der Waals surface area contributed by atoms with Crippen LogP contribution in [0.1, 0.15) is 44.6 Å². The molecule has 0 saturated carbocycles. The van der Waals surface area contributed by atoms with E-state index in [1.807, 2.05) is 12.1 Å². The van der Waals surface area contributed by atoms with Gasteiger partial charge in [0.05, 0.1) is 0 Å². The van der Waals surface area contributed by atoms with Gasteiger partial charge in [-0.1, -0.05) is 38.3 Å². The zero-order chi connectivity index (χ0) is 12.5. The van der Waals surface area contributed by atoms with Crippen molar-refractivity contribution in [3.63, 3.8) is 0 Å². The first-order valence-electron chi connectivity index (χ1n) is 6.27. The Kier molecular flexibility index (Phi) is 6.15. The van der Waals surface area contributed by atoms with E-state index >= 15 is 0 Å². The fourth-order valence-electron chi connectivity index (χ4n) is 1.62. The molecule has 0 bridgehead atoms. The van der Waals surface area contributed by atoms with Crippen LogP contribution in [-0.2, 0) is 11.3 Å². The quantitative estimate of drug-likeness (QED) is 0.714. The van der Waals surface area contributed by atoms with Crippen molar-refractivity contribution in [2.75, 3.05) is 0 Å². The lowest BCUT2D eigenvalue weighted by Gasteiger charge is -2.05. The minimum Gasteiger partial charge on any atom is -0.508 e. The van der Waals surface area contributed by atoms with E-state index in [0.29, 0.717) is 13.0 Å². The van der Waals surface area contributed by atoms with Crippen molar-refractivity contribution in [1.29, 1.82) is 0 Å². The number of rotatable bonds is 7. The molecular formula is C14H21NO2. The fraction of sp³-hybridized carbons (Fsp3) is 0.500. The molecule has 0 radical (unpaired) electrons. The number of benzene rings is 1. The van der Waals surface area contributed by atoms with E-state index in [-0.39, 0.29) is 11.7 Å². The van der Waals surface area contributed by atoms with E-state index in [1.54, 1.807) is 12.1 Å². The SMILES string of the molecule is CCCCCCC(=O)NCc1ccc(O)cc1. The van der Waals surface area contributed by atoms with Gasteiger partial charge in [0, 0.05) is 13.0 Å². The summed E-state index contributed by atoms with van der Waals surface area (Å²) in [6.07, 6.45) is 5.09. The Labute approximate surface area is 103 Å². The molecule has 3 heteroatoms. The van der Waals surface area contributed by atoms with Crippen molar-refractivity contribution in [2.24, 2.45) is 0 Å². The van der Waals surface area contributed by atoms with Crippen LogP contribution in [0.3, 0.4) is 0 Å². The lowest BCUT2D eigenvalue weighted by molar-refractivity contribution is -0.121. The van der Waals surface area contributed by atoms with Gasteiger partial charge < -0.3 is 10.4 Å². The first kappa shape index (κ1) is 13.6. The second-order valence-electron chi connectivity index (χ2n) is 4.25. The number of hydrogen-bond donors (Lipinski definition) is 2. The minimum absolute atomic E-state index is 0.106. The van der Waals surface area contributed by atoms with Crippen LogP contribution >= 0.6 is 0 Å². The summed E-state index contributed by atoms with van der Waals surface area (Å²) in [6, 6.07) is 6.88. The Balaban J connectivity index is 2.17. The Morgan fingerprint density at radius 2 is 1.88 bits per heavy atom. The fourth-order valence-corrected chi connectivity index (χ4v) is 1.62. The second kappa shape index (κ2) is 7.71. The molecule has 17 heavy (non-hydrogen) atoms. The van der Waals surface area contributed by atoms with Crippen molar-refractivity contribution in [3.05, 3.63) is 29.8 Å². The predicted molar refractivity (Wildman–Crippen MR) is 68.7 cm³/mol. The molecule has 94 valence electrons. The molecule has 0 aliphatic carbocycles. The maximum atomic E-state index is 11.5. The molecule has 0 spiro atoms. The molecule has 0 heterocycles. The summed E-state index contributed by atoms with van der Waals surface area (Å²) in [4.78, 5) is 11.5. The van der Waals surface area contributed by atoms with Crippen molar-refractivity contribution in [2.45, 2.75) is 45.6 Å². The number of aromatic hydroxyl groups is 1. The van der Waals surface area contributed by atoms with Crippen LogP contribution in [-0.4, -0.2) is 11.0 Å². The normalized spacial score (nSPS) is 10.2. The number of amides is 1. The highest BCUT2D eigenvalue weighted by molar-refractivity contribution is 5.75. The molecular weight excluding hydrogens is 214 g/mol. The van der Waals surface area contributed by atoms with E-state index in [0.717, 1.165) is 18.4 Å². The topological polar surface area (TPSA) is 49.3 Å². The highest BCUT2D eigenvalue weighted by atomic mass is 16.3. The molecule has 0 atom stereocenters. The summed E-state index contributed by atoms with van der Waals surface area (Å²) in [7, 11) is 0. The standard InChI is InChI=1S/C14H21NO2/c1-2-3-4-5-6-14(17)15-11-12-7-9-13(16)10-8-12/h7-10,16H,2-6,11H2,1H3,(H,15,17). The van der Waals surface area contributed by atoms with E-state index in [4.69, 9.17) is 5.11 Å². The van der Waals surface area contributed by atoms with Crippen LogP contribution in [0.5, 0.6) is 5.75 Å². The van der Waals surface area contributed by atoms with Gasteiger partial charge in [-0.2, -0.15) is 0 Å². The monoisotopic (exact) mass is 235 g/mol. The van der Waals surface area contributed by atoms with Gasteiger partial charge in [-0.15, -0.1) is 0 Å². The third kappa shape index (κ3) is 5.95. The Hall–Kier alpha value is -1.51. The van der Waals surface area contributed by atoms with Gasteiger partial charge in [-0.05, 0) is 24.1 Å². The number of unbranched alkanes of at least 4 members (excludes halogenated alkanes) is 3. The number of carbonyl (C=O) groups excluding carboxylic acids is 1. The van der Waals surface area contributed by atoms with E-state index in [2.05, 4.69) is 12.2 Å². The van der Waals surface area contributed by atoms with Gasteiger partial charge in [0.15, 0.2) is 0 Å². The van der Waals surface area contributed by atoms with Crippen LogP contribution in [0, 0.1) is 0 Å². The largest absolute Gasteiger partial charge is 0.508 e. The third-order valence-electron chi connectivity index (χ3n) is 2.68. The van der Waals surface area contributed by atoms with Crippen molar-refractivity contribution < 1.29 is 9.90 Å². The third-order valence-corrected chi connectivity index (χ3v) is 2.68. The van der Waals surface area contributed by atoms with Crippen molar-refractivity contribution >= 4 is 5.91 Å². The summed E-state index contributed by atoms with van der Waals surface area (Å²) >= 11 is 0. The molecule has 0 fully saturated rings. The van der Waals surface area contributed by atoms with Crippen LogP contribution in [0.15, 0.2) is 24.3 Å². The van der Waals surface area contributed by atoms with Gasteiger partial charge >= 0.3 is 0 Å². The van der Waals surface area contributed by atoms with Crippen molar-refractivity contribution in [3.8, 4) is 5.75 Å². The summed E-state index contributed by atoms with van der Waals surface area (Å²) in [5.41, 5.74) is 1.00. The molecule has 1 aromatic rings. The first-order chi connectivity index (χ1) is 8.22. The van der Waals surface area contributed by atoms with E-state index in [1.165, 1.54) is 12.8 Å². The van der Waals surface area contributed by atoms with Gasteiger partial charge in [-0.25, -0.2) is 0 Å². The van der Waals surface area contributed by atoms with Crippen LogP contribution in [0.2, 0.25) is 0 Å². The number of nitrogens with one attached hydrogen (secondary N) is 1. The molecule has 0 unspecified atom stereocenters. The van der Waals surface area contributed by atoms with Crippen LogP contribution in [0.25, 0.3) is 0 Å². The summed E-state index contributed by atoms with van der Waals surface area (Å²) < 4.78 is 0. The van der Waals surface area contributed by atoms with Crippen LogP contribution < -0.4 is 5.32 Å². The molecule has 1 amide bonds. The maximum absolute atomic E-state index is 11.5. The van der Waals surface area contributed by atoms with Crippen molar-refractivity contribution in [1.82, 2.24) is 5.32 Å². The smallest absolute Gasteiger partial charge is 0.220 e. The number of hydrogen-bond acceptors (Lipinski definition) is 2. The number of carbonyl (C=O) groups is 1. The highest BCUT2D eigenvalue weighted by Gasteiger charge is 2.01. The molecule has 2 N–H and O–H groups in total. The molecule has 3 nitrogen and oxygen atoms in total. The maximum Gasteiger partial charge on any atom is 0.220 e. The lowest BCUT2D eigenvalue weighted by Crippen LogP contribution is -2.22. The molecule has 0 aromatic heterocycles. The Bertz CT molecular complexity index is 333. The molecule has 0 saturated heterocycles. The first-order valence-corrected chi connectivity index (χ1v) is 6.27. The van der Waals surface area contributed by atoms with Gasteiger partial charge in [0.25, 0.3) is 0 Å². The summed E-state index contributed by atoms with van der Waals surface area (Å²) in [5.74, 6) is 0.355. The lowest BCUT2D eigenvalue weighted by atomic mass is 10.1. The number of phenolic OH excluding ortho intramolecular Hbond substituents is 1. The zero-order valence-corrected chi connectivity index (χ0v) is 10.4.